The van der Waals surface area contributed by atoms with Crippen molar-refractivity contribution in [2.24, 2.45) is 0 Å². The molecular weight excluding hydrogens is 250 g/mol. The Labute approximate surface area is 110 Å². The van der Waals surface area contributed by atoms with Crippen molar-refractivity contribution < 1.29 is 12.8 Å². The van der Waals surface area contributed by atoms with Gasteiger partial charge in [0, 0.05) is 5.75 Å². The molecule has 0 spiro atoms. The quantitative estimate of drug-likeness (QED) is 0.751. The maximum Gasteiger partial charge on any atom is 0.150 e. The molecule has 0 amide bonds. The van der Waals surface area contributed by atoms with E-state index in [2.05, 4.69) is 12.2 Å². The van der Waals surface area contributed by atoms with Crippen molar-refractivity contribution in [3.63, 3.8) is 0 Å². The molecule has 4 nitrogen and oxygen atoms in total. The zero-order chi connectivity index (χ0) is 13.4. The fraction of sp³-hybridized carbons (Fsp3) is 0.692. The van der Waals surface area contributed by atoms with Gasteiger partial charge in [0.25, 0.3) is 0 Å². The molecule has 1 aromatic heterocycles. The van der Waals surface area contributed by atoms with Crippen LogP contribution in [0.25, 0.3) is 0 Å². The van der Waals surface area contributed by atoms with Crippen LogP contribution in [0.1, 0.15) is 44.9 Å². The molecule has 0 fully saturated rings. The Hall–Kier alpha value is -0.810. The van der Waals surface area contributed by atoms with Gasteiger partial charge >= 0.3 is 0 Å². The summed E-state index contributed by atoms with van der Waals surface area (Å²) in [7, 11) is -2.86. The van der Waals surface area contributed by atoms with Gasteiger partial charge in [0.05, 0.1) is 18.1 Å². The second kappa shape index (κ2) is 7.59. The van der Waals surface area contributed by atoms with Gasteiger partial charge < -0.3 is 9.73 Å². The van der Waals surface area contributed by atoms with Crippen molar-refractivity contribution in [2.45, 2.75) is 39.2 Å². The highest BCUT2D eigenvalue weighted by molar-refractivity contribution is 7.91. The van der Waals surface area contributed by atoms with Crippen LogP contribution in [0.2, 0.25) is 0 Å². The summed E-state index contributed by atoms with van der Waals surface area (Å²) in [6, 6.07) is 3.91. The largest absolute Gasteiger partial charge is 0.468 e. The van der Waals surface area contributed by atoms with E-state index in [4.69, 9.17) is 4.42 Å². The van der Waals surface area contributed by atoms with Crippen LogP contribution >= 0.6 is 0 Å². The summed E-state index contributed by atoms with van der Waals surface area (Å²) in [5.74, 6) is 1.37. The van der Waals surface area contributed by atoms with Gasteiger partial charge in [-0.15, -0.1) is 0 Å². The van der Waals surface area contributed by atoms with E-state index >= 15 is 0 Å². The summed E-state index contributed by atoms with van der Waals surface area (Å²) in [6.45, 7) is 4.70. The third-order valence-corrected chi connectivity index (χ3v) is 4.71. The van der Waals surface area contributed by atoms with E-state index in [1.54, 1.807) is 13.2 Å². The molecule has 1 unspecified atom stereocenters. The molecule has 18 heavy (non-hydrogen) atoms. The highest BCUT2D eigenvalue weighted by Crippen LogP contribution is 2.19. The second-order valence-corrected chi connectivity index (χ2v) is 6.87. The topological polar surface area (TPSA) is 59.3 Å². The van der Waals surface area contributed by atoms with Crippen molar-refractivity contribution in [2.75, 3.05) is 18.1 Å². The first-order valence-electron chi connectivity index (χ1n) is 6.56. The monoisotopic (exact) mass is 273 g/mol. The van der Waals surface area contributed by atoms with Crippen LogP contribution in [0.3, 0.4) is 0 Å². The van der Waals surface area contributed by atoms with Crippen LogP contribution in [0.4, 0.5) is 0 Å². The van der Waals surface area contributed by atoms with Gasteiger partial charge in [0.15, 0.2) is 0 Å². The minimum absolute atomic E-state index is 0.118. The number of sulfone groups is 1. The fourth-order valence-electron chi connectivity index (χ4n) is 1.80. The fourth-order valence-corrected chi connectivity index (χ4v) is 2.70. The van der Waals surface area contributed by atoms with Crippen molar-refractivity contribution in [3.8, 4) is 0 Å². The first kappa shape index (κ1) is 15.2. The van der Waals surface area contributed by atoms with Crippen LogP contribution in [-0.2, 0) is 9.84 Å². The molecule has 1 rings (SSSR count). The van der Waals surface area contributed by atoms with Gasteiger partial charge in [0.2, 0.25) is 0 Å². The minimum atomic E-state index is -2.86. The number of hydrogen-bond acceptors (Lipinski definition) is 4. The average Bonchev–Trinajstić information content (AvgIpc) is 2.87. The molecule has 1 aromatic rings. The first-order valence-corrected chi connectivity index (χ1v) is 8.38. The molecule has 0 aliphatic carbocycles. The molecule has 5 heteroatoms. The molecule has 0 bridgehead atoms. The summed E-state index contributed by atoms with van der Waals surface area (Å²) >= 11 is 0. The van der Waals surface area contributed by atoms with E-state index in [0.29, 0.717) is 6.42 Å². The van der Waals surface area contributed by atoms with E-state index in [0.717, 1.165) is 25.1 Å². The number of rotatable bonds is 9. The van der Waals surface area contributed by atoms with Gasteiger partial charge in [-0.05, 0) is 37.9 Å². The average molecular weight is 273 g/mol. The number of furan rings is 1. The maximum atomic E-state index is 11.4. The molecule has 0 aliphatic heterocycles. The Kier molecular flexibility index (Phi) is 6.43. The van der Waals surface area contributed by atoms with Crippen LogP contribution in [-0.4, -0.2) is 26.5 Å². The van der Waals surface area contributed by atoms with E-state index in [1.165, 1.54) is 0 Å². The van der Waals surface area contributed by atoms with E-state index in [9.17, 15) is 8.42 Å². The number of nitrogens with one attached hydrogen (secondary N) is 1. The highest BCUT2D eigenvalue weighted by Gasteiger charge is 2.15. The molecular formula is C13H23NO3S. The first-order chi connectivity index (χ1) is 8.59. The SMILES string of the molecule is CCCNC(CCCS(=O)(=O)CC)c1ccco1. The lowest BCUT2D eigenvalue weighted by Gasteiger charge is -2.16. The Morgan fingerprint density at radius 2 is 2.17 bits per heavy atom. The maximum absolute atomic E-state index is 11.4. The zero-order valence-corrected chi connectivity index (χ0v) is 12.0. The van der Waals surface area contributed by atoms with Gasteiger partial charge in [-0.25, -0.2) is 8.42 Å². The minimum Gasteiger partial charge on any atom is -0.468 e. The standard InChI is InChI=1S/C13H23NO3S/c1-3-9-14-12(13-8-5-10-17-13)7-6-11-18(15,16)4-2/h5,8,10,12,14H,3-4,6-7,9,11H2,1-2H3. The highest BCUT2D eigenvalue weighted by atomic mass is 32.2. The predicted octanol–water partition coefficient (Wildman–Crippen LogP) is 2.54. The molecule has 0 aromatic carbocycles. The Morgan fingerprint density at radius 3 is 2.72 bits per heavy atom. The van der Waals surface area contributed by atoms with E-state index in [-0.39, 0.29) is 17.5 Å². The molecule has 1 heterocycles. The van der Waals surface area contributed by atoms with Crippen LogP contribution in [0, 0.1) is 0 Å². The van der Waals surface area contributed by atoms with Gasteiger partial charge in [-0.1, -0.05) is 13.8 Å². The lowest BCUT2D eigenvalue weighted by Crippen LogP contribution is -2.22. The zero-order valence-electron chi connectivity index (χ0n) is 11.2. The van der Waals surface area contributed by atoms with Crippen LogP contribution < -0.4 is 5.32 Å². The lowest BCUT2D eigenvalue weighted by atomic mass is 10.1. The smallest absolute Gasteiger partial charge is 0.150 e. The van der Waals surface area contributed by atoms with E-state index < -0.39 is 9.84 Å². The van der Waals surface area contributed by atoms with Crippen LogP contribution in [0.5, 0.6) is 0 Å². The normalized spacial score (nSPS) is 13.7. The molecule has 1 atom stereocenters. The molecule has 0 aliphatic rings. The third kappa shape index (κ3) is 5.23. The summed E-state index contributed by atoms with van der Waals surface area (Å²) in [5, 5.41) is 3.39. The molecule has 1 N–H and O–H groups in total. The van der Waals surface area contributed by atoms with Gasteiger partial charge in [-0.2, -0.15) is 0 Å². The van der Waals surface area contributed by atoms with Crippen LogP contribution in [0.15, 0.2) is 22.8 Å². The van der Waals surface area contributed by atoms with E-state index in [1.807, 2.05) is 12.1 Å². The third-order valence-electron chi connectivity index (χ3n) is 2.92. The molecule has 0 saturated carbocycles. The predicted molar refractivity (Wildman–Crippen MR) is 73.3 cm³/mol. The Balaban J connectivity index is 2.47. The van der Waals surface area contributed by atoms with Gasteiger partial charge in [0.1, 0.15) is 15.6 Å². The Morgan fingerprint density at radius 1 is 1.39 bits per heavy atom. The summed E-state index contributed by atoms with van der Waals surface area (Å²) in [4.78, 5) is 0. The molecule has 104 valence electrons. The molecule has 0 saturated heterocycles. The summed E-state index contributed by atoms with van der Waals surface area (Å²) < 4.78 is 28.3. The lowest BCUT2D eigenvalue weighted by molar-refractivity contribution is 0.393. The Bertz CT molecular complexity index is 411. The van der Waals surface area contributed by atoms with Crippen molar-refractivity contribution in [1.82, 2.24) is 5.32 Å². The second-order valence-electron chi connectivity index (χ2n) is 4.40. The van der Waals surface area contributed by atoms with Crippen molar-refractivity contribution in [1.29, 1.82) is 0 Å². The van der Waals surface area contributed by atoms with Gasteiger partial charge in [-0.3, -0.25) is 0 Å². The number of hydrogen-bond donors (Lipinski definition) is 1. The summed E-state index contributed by atoms with van der Waals surface area (Å²) in [6.07, 6.45) is 4.15. The van der Waals surface area contributed by atoms with Crippen molar-refractivity contribution in [3.05, 3.63) is 24.2 Å². The van der Waals surface area contributed by atoms with Crippen molar-refractivity contribution >= 4 is 9.84 Å². The molecule has 0 radical (unpaired) electrons. The summed E-state index contributed by atoms with van der Waals surface area (Å²) in [5.41, 5.74) is 0.